The summed E-state index contributed by atoms with van der Waals surface area (Å²) in [5, 5.41) is 0.732. The molecule has 37 heavy (non-hydrogen) atoms. The number of ether oxygens (including phenoxy) is 1. The molecule has 0 N–H and O–H groups in total. The highest BCUT2D eigenvalue weighted by atomic mass is 35.5. The highest BCUT2D eigenvalue weighted by Gasteiger charge is 2.30. The van der Waals surface area contributed by atoms with E-state index in [1.807, 2.05) is 37.8 Å². The normalized spacial score (nSPS) is 14.5. The molecule has 0 aliphatic carbocycles. The van der Waals surface area contributed by atoms with Gasteiger partial charge in [0.05, 0.1) is 0 Å². The fourth-order valence-corrected chi connectivity index (χ4v) is 5.12. The maximum absolute atomic E-state index is 12.6. The van der Waals surface area contributed by atoms with Crippen LogP contribution in [0.15, 0.2) is 60.7 Å². The van der Waals surface area contributed by atoms with E-state index in [0.717, 1.165) is 30.1 Å². The number of nitrogens with zero attached hydrogens (tertiary/aromatic N) is 2. The van der Waals surface area contributed by atoms with Crippen LogP contribution in [0.4, 0.5) is 10.5 Å². The summed E-state index contributed by atoms with van der Waals surface area (Å²) >= 11 is 6.22. The lowest BCUT2D eigenvalue weighted by Crippen LogP contribution is -2.48. The van der Waals surface area contributed by atoms with Gasteiger partial charge in [0.2, 0.25) is 0 Å². The summed E-state index contributed by atoms with van der Waals surface area (Å²) in [6, 6.07) is 21.8. The van der Waals surface area contributed by atoms with Crippen molar-refractivity contribution in [3.8, 4) is 11.1 Å². The first-order valence-corrected chi connectivity index (χ1v) is 13.6. The molecule has 1 fully saturated rings. The lowest BCUT2D eigenvalue weighted by atomic mass is 9.95. The average Bonchev–Trinajstić information content (AvgIpc) is 2.85. The molecule has 0 radical (unpaired) electrons. The number of carbonyl (C=O) groups is 1. The van der Waals surface area contributed by atoms with Crippen LogP contribution < -0.4 is 4.90 Å². The van der Waals surface area contributed by atoms with Gasteiger partial charge in [-0.15, -0.1) is 0 Å². The molecule has 0 atom stereocenters. The number of piperidine rings is 1. The smallest absolute Gasteiger partial charge is 0.410 e. The minimum atomic E-state index is -0.483. The van der Waals surface area contributed by atoms with Crippen molar-refractivity contribution < 1.29 is 9.53 Å². The van der Waals surface area contributed by atoms with Crippen LogP contribution in [-0.4, -0.2) is 35.7 Å². The summed E-state index contributed by atoms with van der Waals surface area (Å²) < 4.78 is 5.60. The second-order valence-corrected chi connectivity index (χ2v) is 11.7. The molecule has 3 aromatic rings. The summed E-state index contributed by atoms with van der Waals surface area (Å²) in [6.45, 7) is 14.4. The number of carbonyl (C=O) groups excluding carboxylic acids is 1. The standard InChI is InChI=1S/C32H39ClN2O2/c1-22-18-27(19-23(2)24(22)3)26-9-7-8-25(20-26)21-35(29-12-10-28(33)11-13-29)30-14-16-34(17-15-30)31(36)37-32(4,5)6/h7-13,18-20,30H,14-17,21H2,1-6H3. The first-order valence-electron chi connectivity index (χ1n) is 13.2. The van der Waals surface area contributed by atoms with Crippen molar-refractivity contribution in [2.75, 3.05) is 18.0 Å². The summed E-state index contributed by atoms with van der Waals surface area (Å²) in [6.07, 6.45) is 1.55. The molecule has 1 aliphatic rings. The van der Waals surface area contributed by atoms with Crippen LogP contribution in [0, 0.1) is 20.8 Å². The maximum atomic E-state index is 12.6. The van der Waals surface area contributed by atoms with E-state index in [2.05, 4.69) is 74.2 Å². The third kappa shape index (κ3) is 6.87. The Hall–Kier alpha value is -2.98. The molecule has 0 saturated carbocycles. The Morgan fingerprint density at radius 3 is 2.16 bits per heavy atom. The summed E-state index contributed by atoms with van der Waals surface area (Å²) in [5.41, 5.74) is 8.41. The van der Waals surface area contributed by atoms with E-state index < -0.39 is 5.60 Å². The number of aryl methyl sites for hydroxylation is 2. The number of anilines is 1. The van der Waals surface area contributed by atoms with Gasteiger partial charge in [0.15, 0.2) is 0 Å². The van der Waals surface area contributed by atoms with Crippen molar-refractivity contribution in [1.29, 1.82) is 0 Å². The van der Waals surface area contributed by atoms with Crippen molar-refractivity contribution >= 4 is 23.4 Å². The Balaban J connectivity index is 1.56. The molecule has 0 spiro atoms. The van der Waals surface area contributed by atoms with E-state index in [4.69, 9.17) is 16.3 Å². The van der Waals surface area contributed by atoms with Crippen molar-refractivity contribution in [1.82, 2.24) is 4.90 Å². The molecule has 1 aliphatic heterocycles. The second kappa shape index (κ2) is 11.2. The third-order valence-corrected chi connectivity index (χ3v) is 7.51. The lowest BCUT2D eigenvalue weighted by molar-refractivity contribution is 0.0204. The van der Waals surface area contributed by atoms with Crippen LogP contribution in [-0.2, 0) is 11.3 Å². The first-order chi connectivity index (χ1) is 17.5. The number of amides is 1. The largest absolute Gasteiger partial charge is 0.444 e. The third-order valence-electron chi connectivity index (χ3n) is 7.26. The van der Waals surface area contributed by atoms with Gasteiger partial charge in [-0.25, -0.2) is 4.79 Å². The van der Waals surface area contributed by atoms with Crippen LogP contribution in [0.2, 0.25) is 5.02 Å². The maximum Gasteiger partial charge on any atom is 0.410 e. The fourth-order valence-electron chi connectivity index (χ4n) is 5.00. The van der Waals surface area contributed by atoms with E-state index in [-0.39, 0.29) is 6.09 Å². The molecular formula is C32H39ClN2O2. The molecule has 5 heteroatoms. The number of hydrogen-bond donors (Lipinski definition) is 0. The van der Waals surface area contributed by atoms with E-state index in [9.17, 15) is 4.79 Å². The van der Waals surface area contributed by atoms with Crippen LogP contribution in [0.3, 0.4) is 0 Å². The predicted octanol–water partition coefficient (Wildman–Crippen LogP) is 8.34. The van der Waals surface area contributed by atoms with Crippen LogP contribution in [0.1, 0.15) is 55.9 Å². The zero-order valence-electron chi connectivity index (χ0n) is 23.0. The summed E-state index contributed by atoms with van der Waals surface area (Å²) in [7, 11) is 0. The van der Waals surface area contributed by atoms with Crippen LogP contribution in [0.5, 0.6) is 0 Å². The highest BCUT2D eigenvalue weighted by molar-refractivity contribution is 6.30. The Bertz CT molecular complexity index is 1220. The molecule has 0 aromatic heterocycles. The predicted molar refractivity (Wildman–Crippen MR) is 155 cm³/mol. The van der Waals surface area contributed by atoms with Crippen LogP contribution >= 0.6 is 11.6 Å². The lowest BCUT2D eigenvalue weighted by Gasteiger charge is -2.40. The van der Waals surface area contributed by atoms with Crippen molar-refractivity contribution in [2.45, 2.75) is 72.6 Å². The molecular weight excluding hydrogens is 480 g/mol. The SMILES string of the molecule is Cc1cc(-c2cccc(CN(c3ccc(Cl)cc3)C3CCN(C(=O)OC(C)(C)C)CC3)c2)cc(C)c1C. The van der Waals surface area contributed by atoms with Gasteiger partial charge in [-0.1, -0.05) is 41.9 Å². The van der Waals surface area contributed by atoms with Crippen LogP contribution in [0.25, 0.3) is 11.1 Å². The van der Waals surface area contributed by atoms with Crippen molar-refractivity contribution in [2.24, 2.45) is 0 Å². The molecule has 4 nitrogen and oxygen atoms in total. The quantitative estimate of drug-likeness (QED) is 0.340. The molecule has 0 unspecified atom stereocenters. The molecule has 1 saturated heterocycles. The number of hydrogen-bond acceptors (Lipinski definition) is 3. The van der Waals surface area contributed by atoms with Gasteiger partial charge in [-0.2, -0.15) is 0 Å². The van der Waals surface area contributed by atoms with Gasteiger partial charge in [0.1, 0.15) is 5.60 Å². The van der Waals surface area contributed by atoms with E-state index in [1.165, 1.54) is 33.4 Å². The van der Waals surface area contributed by atoms with E-state index in [1.54, 1.807) is 0 Å². The molecule has 196 valence electrons. The fraction of sp³-hybridized carbons (Fsp3) is 0.406. The van der Waals surface area contributed by atoms with Gasteiger partial charge in [-0.3, -0.25) is 0 Å². The Morgan fingerprint density at radius 1 is 0.946 bits per heavy atom. The van der Waals surface area contributed by atoms with E-state index in [0.29, 0.717) is 19.1 Å². The minimum Gasteiger partial charge on any atom is -0.444 e. The van der Waals surface area contributed by atoms with Crippen molar-refractivity contribution in [3.05, 3.63) is 87.9 Å². The zero-order chi connectivity index (χ0) is 26.7. The molecule has 4 rings (SSSR count). The number of rotatable bonds is 5. The Labute approximate surface area is 227 Å². The second-order valence-electron chi connectivity index (χ2n) is 11.2. The van der Waals surface area contributed by atoms with Crippen molar-refractivity contribution in [3.63, 3.8) is 0 Å². The van der Waals surface area contributed by atoms with E-state index >= 15 is 0 Å². The van der Waals surface area contributed by atoms with Gasteiger partial charge < -0.3 is 14.5 Å². The van der Waals surface area contributed by atoms with Gasteiger partial charge in [0, 0.05) is 36.4 Å². The molecule has 3 aromatic carbocycles. The number of benzene rings is 3. The van der Waals surface area contributed by atoms with Gasteiger partial charge in [-0.05, 0) is 118 Å². The molecule has 1 heterocycles. The Morgan fingerprint density at radius 2 is 1.57 bits per heavy atom. The monoisotopic (exact) mass is 518 g/mol. The van der Waals surface area contributed by atoms with Gasteiger partial charge >= 0.3 is 6.09 Å². The summed E-state index contributed by atoms with van der Waals surface area (Å²) in [4.78, 5) is 16.9. The zero-order valence-corrected chi connectivity index (χ0v) is 23.7. The topological polar surface area (TPSA) is 32.8 Å². The summed E-state index contributed by atoms with van der Waals surface area (Å²) in [5.74, 6) is 0. The minimum absolute atomic E-state index is 0.222. The van der Waals surface area contributed by atoms with Gasteiger partial charge in [0.25, 0.3) is 0 Å². The first kappa shape index (κ1) is 27.1. The number of halogens is 1. The Kier molecular flexibility index (Phi) is 8.18. The number of likely N-dealkylation sites (tertiary alicyclic amines) is 1. The molecule has 1 amide bonds. The average molecular weight is 519 g/mol. The molecule has 0 bridgehead atoms. The highest BCUT2D eigenvalue weighted by Crippen LogP contribution is 2.30.